The van der Waals surface area contributed by atoms with Crippen LogP contribution in [-0.2, 0) is 23.4 Å². The number of hydrogen-bond donors (Lipinski definition) is 4. The number of carbonyl (C=O) groups is 1. The number of hydrogen-bond acceptors (Lipinski definition) is 12. The van der Waals surface area contributed by atoms with E-state index in [2.05, 4.69) is 20.0 Å². The molecule has 0 saturated carbocycles. The summed E-state index contributed by atoms with van der Waals surface area (Å²) in [4.78, 5) is 24.3. The molecule has 1 aliphatic rings. The van der Waals surface area contributed by atoms with Gasteiger partial charge in [0.15, 0.2) is 23.4 Å². The van der Waals surface area contributed by atoms with Crippen LogP contribution in [0, 0.1) is 0 Å². The van der Waals surface area contributed by atoms with Gasteiger partial charge >= 0.3 is 13.7 Å². The molecule has 2 unspecified atom stereocenters. The van der Waals surface area contributed by atoms with Gasteiger partial charge in [-0.05, 0) is 39.8 Å². The molecule has 1 saturated heterocycles. The van der Waals surface area contributed by atoms with Gasteiger partial charge in [0.05, 0.1) is 19.0 Å². The fraction of sp³-hybridized carbons (Fsp3) is 0.478. The number of nitrogen functional groups attached to an aromatic ring is 2. The number of para-hydroxylation sites is 1. The lowest BCUT2D eigenvalue weighted by molar-refractivity contribution is -0.149. The highest BCUT2D eigenvalue weighted by Gasteiger charge is 2.56. The monoisotopic (exact) mass is 567 g/mol. The van der Waals surface area contributed by atoms with Crippen LogP contribution in [0.25, 0.3) is 11.2 Å². The lowest BCUT2D eigenvalue weighted by atomic mass is 9.98. The fourth-order valence-electron chi connectivity index (χ4n) is 3.98. The van der Waals surface area contributed by atoms with E-state index in [-0.39, 0.29) is 28.7 Å². The molecular formula is C23H31FN7O7P. The topological polar surface area (TPSA) is 199 Å². The highest BCUT2D eigenvalue weighted by molar-refractivity contribution is 7.52. The van der Waals surface area contributed by atoms with Gasteiger partial charge in [0.25, 0.3) is 0 Å². The van der Waals surface area contributed by atoms with E-state index in [1.807, 2.05) is 0 Å². The summed E-state index contributed by atoms with van der Waals surface area (Å²) in [5.74, 6) is -0.675. The highest BCUT2D eigenvalue weighted by Crippen LogP contribution is 2.48. The molecule has 14 nitrogen and oxygen atoms in total. The summed E-state index contributed by atoms with van der Waals surface area (Å²) in [5, 5.41) is 13.3. The normalized spacial score (nSPS) is 25.5. The van der Waals surface area contributed by atoms with Gasteiger partial charge in [-0.25, -0.2) is 13.9 Å². The Morgan fingerprint density at radius 1 is 1.28 bits per heavy atom. The second kappa shape index (κ2) is 11.0. The molecular weight excluding hydrogens is 536 g/mol. The third-order valence-corrected chi connectivity index (χ3v) is 7.51. The maximum Gasteiger partial charge on any atom is 0.459 e. The number of aliphatic hydroxyl groups is 1. The van der Waals surface area contributed by atoms with Crippen molar-refractivity contribution in [2.45, 2.75) is 63.9 Å². The van der Waals surface area contributed by atoms with Crippen molar-refractivity contribution in [3.63, 3.8) is 0 Å². The van der Waals surface area contributed by atoms with Crippen molar-refractivity contribution < 1.29 is 37.4 Å². The molecule has 0 amide bonds. The first kappa shape index (κ1) is 28.6. The molecule has 4 rings (SSSR count). The lowest BCUT2D eigenvalue weighted by Crippen LogP contribution is -2.41. The average Bonchev–Trinajstić information content (AvgIpc) is 3.36. The predicted molar refractivity (Wildman–Crippen MR) is 138 cm³/mol. The van der Waals surface area contributed by atoms with Crippen molar-refractivity contribution in [1.82, 2.24) is 24.6 Å². The second-order valence-corrected chi connectivity index (χ2v) is 11.1. The van der Waals surface area contributed by atoms with E-state index in [9.17, 15) is 14.5 Å². The summed E-state index contributed by atoms with van der Waals surface area (Å²) >= 11 is 0. The largest absolute Gasteiger partial charge is 0.462 e. The third kappa shape index (κ3) is 6.12. The first-order valence-electron chi connectivity index (χ1n) is 12.1. The third-order valence-electron chi connectivity index (χ3n) is 5.87. The molecule has 1 fully saturated rings. The number of fused-ring (bicyclic) bond motifs is 1. The number of esters is 1. The molecule has 3 aromatic rings. The molecule has 212 valence electrons. The molecule has 6 atom stereocenters. The van der Waals surface area contributed by atoms with Crippen LogP contribution >= 0.6 is 7.75 Å². The highest BCUT2D eigenvalue weighted by atomic mass is 31.2. The van der Waals surface area contributed by atoms with Gasteiger partial charge in [0.2, 0.25) is 5.95 Å². The maximum atomic E-state index is 15.9. The van der Waals surface area contributed by atoms with Gasteiger partial charge in [-0.2, -0.15) is 15.1 Å². The summed E-state index contributed by atoms with van der Waals surface area (Å²) in [6.45, 7) is 5.32. The summed E-state index contributed by atoms with van der Waals surface area (Å²) in [6.07, 6.45) is -3.65. The molecule has 0 radical (unpaired) electrons. The molecule has 6 N–H and O–H groups in total. The van der Waals surface area contributed by atoms with Crippen molar-refractivity contribution >= 4 is 36.6 Å². The first-order valence-corrected chi connectivity index (χ1v) is 13.6. The van der Waals surface area contributed by atoms with Crippen LogP contribution in [0.5, 0.6) is 5.75 Å². The number of nitrogens with two attached hydrogens (primary N) is 2. The molecule has 0 spiro atoms. The Balaban J connectivity index is 1.55. The van der Waals surface area contributed by atoms with Crippen LogP contribution in [0.1, 0.15) is 33.9 Å². The van der Waals surface area contributed by atoms with E-state index in [0.717, 1.165) is 6.92 Å². The Kier molecular flexibility index (Phi) is 8.09. The fourth-order valence-corrected chi connectivity index (χ4v) is 5.49. The number of benzene rings is 1. The van der Waals surface area contributed by atoms with Gasteiger partial charge in [0.1, 0.15) is 29.5 Å². The van der Waals surface area contributed by atoms with Crippen LogP contribution in [0.4, 0.5) is 16.2 Å². The minimum Gasteiger partial charge on any atom is -0.462 e. The zero-order chi connectivity index (χ0) is 28.5. The summed E-state index contributed by atoms with van der Waals surface area (Å²) in [7, 11) is -4.28. The number of alkyl halides is 1. The Bertz CT molecular complexity index is 1370. The molecule has 16 heteroatoms. The van der Waals surface area contributed by atoms with Crippen LogP contribution in [0.3, 0.4) is 0 Å². The number of ether oxygens (including phenoxy) is 2. The van der Waals surface area contributed by atoms with Crippen LogP contribution < -0.4 is 21.1 Å². The predicted octanol–water partition coefficient (Wildman–Crippen LogP) is 2.11. The van der Waals surface area contributed by atoms with Crippen molar-refractivity contribution in [3.8, 4) is 5.75 Å². The Hall–Kier alpha value is -3.36. The average molecular weight is 568 g/mol. The van der Waals surface area contributed by atoms with Gasteiger partial charge in [0, 0.05) is 0 Å². The van der Waals surface area contributed by atoms with Gasteiger partial charge in [-0.15, -0.1) is 0 Å². The van der Waals surface area contributed by atoms with E-state index < -0.39 is 56.6 Å². The van der Waals surface area contributed by atoms with E-state index >= 15 is 4.39 Å². The molecule has 0 aliphatic carbocycles. The van der Waals surface area contributed by atoms with E-state index in [4.69, 9.17) is 30.0 Å². The number of nitrogens with zero attached hydrogens (tertiary/aromatic N) is 4. The number of rotatable bonds is 10. The second-order valence-electron chi connectivity index (χ2n) is 9.45. The number of nitrogens with one attached hydrogen (secondary N) is 1. The zero-order valence-corrected chi connectivity index (χ0v) is 22.6. The summed E-state index contributed by atoms with van der Waals surface area (Å²) in [5.41, 5.74) is 9.43. The Morgan fingerprint density at radius 2 is 1.97 bits per heavy atom. The number of imidazole rings is 1. The Labute approximate surface area is 223 Å². The maximum absolute atomic E-state index is 15.9. The van der Waals surface area contributed by atoms with Crippen molar-refractivity contribution in [1.29, 1.82) is 0 Å². The number of aliphatic hydroxyl groups excluding tert-OH is 1. The van der Waals surface area contributed by atoms with Gasteiger partial charge in [-0.3, -0.25) is 13.9 Å². The number of carbonyl (C=O) groups excluding carboxylic acids is 1. The van der Waals surface area contributed by atoms with Crippen molar-refractivity contribution in [3.05, 3.63) is 36.7 Å². The van der Waals surface area contributed by atoms with Gasteiger partial charge < -0.3 is 30.6 Å². The number of anilines is 2. The minimum absolute atomic E-state index is 0.00886. The first-order chi connectivity index (χ1) is 18.3. The van der Waals surface area contributed by atoms with E-state index in [1.54, 1.807) is 32.0 Å². The minimum atomic E-state index is -4.28. The van der Waals surface area contributed by atoms with E-state index in [0.29, 0.717) is 0 Å². The molecule has 1 aromatic carbocycles. The molecule has 1 aliphatic heterocycles. The van der Waals surface area contributed by atoms with Crippen molar-refractivity contribution in [2.75, 3.05) is 18.1 Å². The SMILES string of the molecule is CC(C)OC(=O)[C@H](C)NP(=O)(OCC1O[C@@H](n2cnc3c(N)nc(N)nc32)[C@](C)(F)[C@@H]1O)Oc1ccccc1. The van der Waals surface area contributed by atoms with Crippen LogP contribution in [0.15, 0.2) is 36.7 Å². The summed E-state index contributed by atoms with van der Waals surface area (Å²) in [6, 6.07) is 7.01. The Morgan fingerprint density at radius 3 is 2.64 bits per heavy atom. The molecule has 39 heavy (non-hydrogen) atoms. The van der Waals surface area contributed by atoms with Gasteiger partial charge in [-0.1, -0.05) is 18.2 Å². The quantitative estimate of drug-likeness (QED) is 0.205. The van der Waals surface area contributed by atoms with E-state index in [1.165, 1.54) is 30.0 Å². The number of aromatic nitrogens is 4. The summed E-state index contributed by atoms with van der Waals surface area (Å²) < 4.78 is 52.9. The van der Waals surface area contributed by atoms with Crippen molar-refractivity contribution in [2.24, 2.45) is 0 Å². The molecule has 2 aromatic heterocycles. The number of halogens is 1. The standard InChI is InChI=1S/C23H31FN7O7P/c1-12(2)36-20(33)13(3)30-39(34,38-14-8-6-5-7-9-14)35-10-15-17(32)23(4,24)21(37-15)31-11-27-16-18(25)28-22(26)29-19(16)31/h5-9,11-13,15,17,21,32H,10H2,1-4H3,(H,30,34)(H4,25,26,28,29)/t13-,15?,17+,21+,23+,39?/m0/s1. The zero-order valence-electron chi connectivity index (χ0n) is 21.7. The smallest absolute Gasteiger partial charge is 0.459 e. The molecule has 3 heterocycles. The van der Waals surface area contributed by atoms with Crippen LogP contribution in [0.2, 0.25) is 0 Å². The lowest BCUT2D eigenvalue weighted by Gasteiger charge is -2.25. The van der Waals surface area contributed by atoms with Crippen LogP contribution in [-0.4, -0.2) is 67.2 Å². The molecule has 0 bridgehead atoms.